The Hall–Kier alpha value is -5.03. The maximum atomic E-state index is 13.8. The van der Waals surface area contributed by atoms with E-state index in [-0.39, 0.29) is 24.5 Å². The van der Waals surface area contributed by atoms with Crippen LogP contribution in [0.1, 0.15) is 36.6 Å². The smallest absolute Gasteiger partial charge is 0.338 e. The van der Waals surface area contributed by atoms with Gasteiger partial charge in [0.2, 0.25) is 0 Å². The van der Waals surface area contributed by atoms with Gasteiger partial charge in [-0.25, -0.2) is 9.79 Å². The number of hydrogen-bond donors (Lipinski definition) is 0. The fourth-order valence-electron chi connectivity index (χ4n) is 4.68. The second-order valence-corrected chi connectivity index (χ2v) is 10.3. The van der Waals surface area contributed by atoms with Crippen LogP contribution in [0.5, 0.6) is 11.5 Å². The minimum atomic E-state index is -0.717. The van der Waals surface area contributed by atoms with Gasteiger partial charge in [0, 0.05) is 6.07 Å². The first kappa shape index (κ1) is 28.5. The van der Waals surface area contributed by atoms with Gasteiger partial charge in [0.05, 0.1) is 46.0 Å². The van der Waals surface area contributed by atoms with Gasteiger partial charge in [0.25, 0.3) is 11.2 Å². The predicted molar refractivity (Wildman–Crippen MR) is 157 cm³/mol. The van der Waals surface area contributed by atoms with Crippen LogP contribution in [0.2, 0.25) is 0 Å². The molecule has 0 fully saturated rings. The van der Waals surface area contributed by atoms with Crippen molar-refractivity contribution in [1.29, 1.82) is 0 Å². The topological polar surface area (TPSA) is 122 Å². The summed E-state index contributed by atoms with van der Waals surface area (Å²) in [6.45, 7) is 3.70. The number of carbonyl (C=O) groups is 1. The summed E-state index contributed by atoms with van der Waals surface area (Å²) in [5, 5.41) is 11.3. The van der Waals surface area contributed by atoms with Gasteiger partial charge in [-0.3, -0.25) is 19.5 Å². The molecule has 0 radical (unpaired) electrons. The minimum absolute atomic E-state index is 0.00112. The Balaban J connectivity index is 1.48. The van der Waals surface area contributed by atoms with Crippen LogP contribution in [0.4, 0.5) is 5.69 Å². The van der Waals surface area contributed by atoms with Crippen molar-refractivity contribution in [1.82, 2.24) is 4.57 Å². The summed E-state index contributed by atoms with van der Waals surface area (Å²) in [6.07, 6.45) is 1.75. The number of aromatic nitrogens is 1. The number of thiazole rings is 1. The third kappa shape index (κ3) is 5.72. The number of ether oxygens (including phenoxy) is 3. The summed E-state index contributed by atoms with van der Waals surface area (Å²) in [7, 11) is 1.57. The van der Waals surface area contributed by atoms with E-state index in [2.05, 4.69) is 4.99 Å². The van der Waals surface area contributed by atoms with Crippen LogP contribution >= 0.6 is 11.3 Å². The SMILES string of the molecule is CCOC(=O)C1=C(C)N=c2sc(=Cc3ccc(OCc4ccccc4[N+](=O)[O-])cc3)c(=O)n2[C@H]1c1ccc(OC)cc1. The fraction of sp³-hybridized carbons (Fsp3) is 0.194. The van der Waals surface area contributed by atoms with E-state index < -0.39 is 16.9 Å². The van der Waals surface area contributed by atoms with Gasteiger partial charge < -0.3 is 14.2 Å². The fourth-order valence-corrected chi connectivity index (χ4v) is 5.72. The number of esters is 1. The number of hydrogen-bond acceptors (Lipinski definition) is 9. The van der Waals surface area contributed by atoms with Crippen molar-refractivity contribution in [2.75, 3.05) is 13.7 Å². The van der Waals surface area contributed by atoms with Gasteiger partial charge in [-0.2, -0.15) is 0 Å². The average molecular weight is 586 g/mol. The first-order valence-corrected chi connectivity index (χ1v) is 13.9. The largest absolute Gasteiger partial charge is 0.497 e. The summed E-state index contributed by atoms with van der Waals surface area (Å²) in [4.78, 5) is 42.7. The van der Waals surface area contributed by atoms with E-state index in [0.29, 0.717) is 37.7 Å². The molecule has 0 amide bonds. The number of benzene rings is 3. The lowest BCUT2D eigenvalue weighted by molar-refractivity contribution is -0.385. The molecule has 0 aliphatic carbocycles. The molecule has 1 aliphatic heterocycles. The van der Waals surface area contributed by atoms with Gasteiger partial charge in [-0.05, 0) is 61.4 Å². The van der Waals surface area contributed by atoms with E-state index >= 15 is 0 Å². The predicted octanol–water partition coefficient (Wildman–Crippen LogP) is 4.29. The monoisotopic (exact) mass is 585 g/mol. The Morgan fingerprint density at radius 1 is 1.07 bits per heavy atom. The summed E-state index contributed by atoms with van der Waals surface area (Å²) in [5.74, 6) is 0.658. The Kier molecular flexibility index (Phi) is 8.30. The zero-order valence-corrected chi connectivity index (χ0v) is 23.9. The average Bonchev–Trinajstić information content (AvgIpc) is 3.30. The van der Waals surface area contributed by atoms with Gasteiger partial charge in [-0.1, -0.05) is 47.7 Å². The first-order chi connectivity index (χ1) is 20.3. The maximum absolute atomic E-state index is 13.8. The van der Waals surface area contributed by atoms with Crippen LogP contribution in [0.25, 0.3) is 6.08 Å². The number of methoxy groups -OCH3 is 1. The van der Waals surface area contributed by atoms with Crippen LogP contribution in [-0.2, 0) is 16.1 Å². The highest BCUT2D eigenvalue weighted by atomic mass is 32.1. The Morgan fingerprint density at radius 3 is 2.43 bits per heavy atom. The minimum Gasteiger partial charge on any atom is -0.497 e. The number of nitrogens with zero attached hydrogens (tertiary/aromatic N) is 3. The molecular weight excluding hydrogens is 558 g/mol. The van der Waals surface area contributed by atoms with E-state index in [0.717, 1.165) is 11.1 Å². The molecule has 1 atom stereocenters. The van der Waals surface area contributed by atoms with Crippen molar-refractivity contribution in [2.24, 2.45) is 4.99 Å². The molecule has 3 aromatic carbocycles. The molecular formula is C31H27N3O7S. The second kappa shape index (κ2) is 12.2. The summed E-state index contributed by atoms with van der Waals surface area (Å²) in [5.41, 5.74) is 2.45. The molecule has 42 heavy (non-hydrogen) atoms. The van der Waals surface area contributed by atoms with Crippen LogP contribution in [0.3, 0.4) is 0 Å². The lowest BCUT2D eigenvalue weighted by Crippen LogP contribution is -2.39. The zero-order valence-electron chi connectivity index (χ0n) is 23.1. The van der Waals surface area contributed by atoms with E-state index in [1.807, 2.05) is 12.1 Å². The van der Waals surface area contributed by atoms with Gasteiger partial charge in [0.15, 0.2) is 4.80 Å². The van der Waals surface area contributed by atoms with Crippen LogP contribution in [0.15, 0.2) is 93.9 Å². The molecule has 0 saturated heterocycles. The molecule has 0 unspecified atom stereocenters. The molecule has 2 heterocycles. The van der Waals surface area contributed by atoms with Crippen molar-refractivity contribution in [3.05, 3.63) is 131 Å². The summed E-state index contributed by atoms with van der Waals surface area (Å²) in [6, 6.07) is 20.0. The lowest BCUT2D eigenvalue weighted by Gasteiger charge is -2.24. The molecule has 1 aromatic heterocycles. The number of carbonyl (C=O) groups excluding carboxylic acids is 1. The van der Waals surface area contributed by atoms with E-state index in [9.17, 15) is 19.7 Å². The molecule has 0 spiro atoms. The molecule has 0 saturated carbocycles. The number of para-hydroxylation sites is 1. The third-order valence-electron chi connectivity index (χ3n) is 6.71. The third-order valence-corrected chi connectivity index (χ3v) is 7.69. The standard InChI is InChI=1S/C31H27N3O7S/c1-4-40-30(36)27-19(2)32-31-33(28(27)21-11-15-23(39-3)16-12-21)29(35)26(42-31)17-20-9-13-24(14-10-20)41-18-22-7-5-6-8-25(22)34(37)38/h5-17,28H,4,18H2,1-3H3/t28-/m0/s1. The summed E-state index contributed by atoms with van der Waals surface area (Å²) >= 11 is 1.23. The lowest BCUT2D eigenvalue weighted by atomic mass is 9.96. The summed E-state index contributed by atoms with van der Waals surface area (Å²) < 4.78 is 18.4. The molecule has 5 rings (SSSR count). The van der Waals surface area contributed by atoms with E-state index in [1.165, 1.54) is 22.0 Å². The molecule has 0 bridgehead atoms. The highest BCUT2D eigenvalue weighted by Crippen LogP contribution is 2.31. The quantitative estimate of drug-likeness (QED) is 0.163. The van der Waals surface area contributed by atoms with E-state index in [4.69, 9.17) is 14.2 Å². The molecule has 0 N–H and O–H groups in total. The Bertz CT molecular complexity index is 1860. The van der Waals surface area contributed by atoms with Crippen molar-refractivity contribution in [3.63, 3.8) is 0 Å². The van der Waals surface area contributed by atoms with Crippen LogP contribution < -0.4 is 24.4 Å². The Morgan fingerprint density at radius 2 is 1.76 bits per heavy atom. The van der Waals surface area contributed by atoms with Gasteiger partial charge in [-0.15, -0.1) is 0 Å². The molecule has 4 aromatic rings. The van der Waals surface area contributed by atoms with Crippen molar-refractivity contribution in [2.45, 2.75) is 26.5 Å². The van der Waals surface area contributed by atoms with Crippen molar-refractivity contribution < 1.29 is 23.9 Å². The molecule has 11 heteroatoms. The number of rotatable bonds is 9. The molecule has 10 nitrogen and oxygen atoms in total. The normalized spacial score (nSPS) is 14.6. The highest BCUT2D eigenvalue weighted by Gasteiger charge is 2.33. The molecule has 214 valence electrons. The Labute approximate surface area is 244 Å². The number of nitro benzene ring substituents is 1. The van der Waals surface area contributed by atoms with Crippen molar-refractivity contribution >= 4 is 29.1 Å². The van der Waals surface area contributed by atoms with Crippen LogP contribution in [-0.4, -0.2) is 29.2 Å². The number of nitro groups is 1. The number of fused-ring (bicyclic) bond motifs is 1. The highest BCUT2D eigenvalue weighted by molar-refractivity contribution is 7.07. The van der Waals surface area contributed by atoms with Gasteiger partial charge in [0.1, 0.15) is 18.1 Å². The van der Waals surface area contributed by atoms with E-state index in [1.54, 1.807) is 81.6 Å². The maximum Gasteiger partial charge on any atom is 0.338 e. The van der Waals surface area contributed by atoms with Crippen LogP contribution in [0, 0.1) is 10.1 Å². The van der Waals surface area contributed by atoms with Crippen molar-refractivity contribution in [3.8, 4) is 11.5 Å². The first-order valence-electron chi connectivity index (χ1n) is 13.1. The zero-order chi connectivity index (χ0) is 29.8. The number of allylic oxidation sites excluding steroid dienone is 1. The van der Waals surface area contributed by atoms with Gasteiger partial charge >= 0.3 is 5.97 Å². The molecule has 1 aliphatic rings. The second-order valence-electron chi connectivity index (χ2n) is 9.32.